The zero-order chi connectivity index (χ0) is 46.3. The van der Waals surface area contributed by atoms with Gasteiger partial charge >= 0.3 is 0 Å². The van der Waals surface area contributed by atoms with Crippen molar-refractivity contribution in [2.45, 2.75) is 0 Å². The highest BCUT2D eigenvalue weighted by Gasteiger charge is 2.21. The van der Waals surface area contributed by atoms with Crippen molar-refractivity contribution in [2.24, 2.45) is 0 Å². The zero-order valence-electron chi connectivity index (χ0n) is 37.4. The minimum atomic E-state index is 0.602. The first-order valence-corrected chi connectivity index (χ1v) is 26.8. The lowest BCUT2D eigenvalue weighted by Gasteiger charge is -2.10. The number of fused-ring (bicyclic) bond motifs is 15. The molecule has 0 bridgehead atoms. The molecule has 0 saturated heterocycles. The standard InChI is InChI=1S/C63H33N3OS4/c1-4-15-51-40(9-1)43-24-19-34(30-55(43)68-51)35-20-27-46-58(31-35)71-54-18-8-12-39(60(46)54)36-23-28-49-48(29-36)59-47(13-7-14-50(59)67-49)63-65-61(37-21-25-44-41-10-2-5-16-52(41)69-56(44)32-37)64-62(66-63)38-22-26-45-42-11-3-6-17-53(42)70-57(45)33-38/h1-33H. The Labute approximate surface area is 421 Å². The zero-order valence-corrected chi connectivity index (χ0v) is 40.7. The summed E-state index contributed by atoms with van der Waals surface area (Å²) < 4.78 is 16.8. The van der Waals surface area contributed by atoms with E-state index in [-0.39, 0.29) is 0 Å². The SMILES string of the molecule is c1cc(-c2nc(-c3ccc4c(c3)sc3ccccc34)nc(-c3ccc4c(c3)sc3ccccc34)n2)c2c(c1)oc1ccc(-c3cccc4sc5cc(-c6ccc7c(c6)sc6ccccc67)ccc5c34)cc12. The molecule has 16 aromatic rings. The smallest absolute Gasteiger partial charge is 0.164 e. The number of rotatable bonds is 5. The summed E-state index contributed by atoms with van der Waals surface area (Å²) in [6, 6.07) is 72.5. The fourth-order valence-electron chi connectivity index (χ4n) is 10.8. The second kappa shape index (κ2) is 15.2. The second-order valence-corrected chi connectivity index (χ2v) is 22.6. The molecule has 10 aromatic carbocycles. The van der Waals surface area contributed by atoms with Gasteiger partial charge in [0.15, 0.2) is 17.5 Å². The molecule has 0 amide bonds. The van der Waals surface area contributed by atoms with Crippen molar-refractivity contribution in [1.82, 2.24) is 15.0 Å². The summed E-state index contributed by atoms with van der Waals surface area (Å²) in [5.74, 6) is 1.86. The molecule has 330 valence electrons. The van der Waals surface area contributed by atoms with Crippen molar-refractivity contribution in [3.63, 3.8) is 0 Å². The van der Waals surface area contributed by atoms with E-state index in [0.29, 0.717) is 17.5 Å². The molecular formula is C63H33N3OS4. The Bertz CT molecular complexity index is 4780. The Kier molecular flexibility index (Phi) is 8.50. The molecular weight excluding hydrogens is 943 g/mol. The van der Waals surface area contributed by atoms with E-state index < -0.39 is 0 Å². The minimum Gasteiger partial charge on any atom is -0.456 e. The quantitative estimate of drug-likeness (QED) is 0.172. The molecule has 6 heterocycles. The molecule has 0 spiro atoms. The van der Waals surface area contributed by atoms with Crippen molar-refractivity contribution in [2.75, 3.05) is 0 Å². The van der Waals surface area contributed by atoms with Gasteiger partial charge < -0.3 is 4.42 Å². The highest BCUT2D eigenvalue weighted by atomic mass is 32.1. The fraction of sp³-hybridized carbons (Fsp3) is 0. The van der Waals surface area contributed by atoms with Gasteiger partial charge in [0.2, 0.25) is 0 Å². The van der Waals surface area contributed by atoms with Crippen LogP contribution in [0.3, 0.4) is 0 Å². The van der Waals surface area contributed by atoms with Crippen molar-refractivity contribution in [3.8, 4) is 56.4 Å². The van der Waals surface area contributed by atoms with Crippen molar-refractivity contribution < 1.29 is 4.42 Å². The van der Waals surface area contributed by atoms with Crippen molar-refractivity contribution >= 4 is 148 Å². The van der Waals surface area contributed by atoms with Crippen LogP contribution in [0.15, 0.2) is 205 Å². The van der Waals surface area contributed by atoms with E-state index in [2.05, 4.69) is 194 Å². The largest absolute Gasteiger partial charge is 0.456 e. The lowest BCUT2D eigenvalue weighted by Crippen LogP contribution is -2.00. The Hall–Kier alpha value is -8.11. The van der Waals surface area contributed by atoms with Gasteiger partial charge in [-0.05, 0) is 89.0 Å². The van der Waals surface area contributed by atoms with Crippen LogP contribution >= 0.6 is 45.3 Å². The van der Waals surface area contributed by atoms with Crippen LogP contribution in [-0.4, -0.2) is 15.0 Å². The maximum absolute atomic E-state index is 6.67. The molecule has 0 atom stereocenters. The van der Waals surface area contributed by atoms with E-state index in [1.165, 1.54) is 97.4 Å². The second-order valence-electron chi connectivity index (χ2n) is 18.2. The molecule has 71 heavy (non-hydrogen) atoms. The molecule has 0 aliphatic heterocycles. The number of thiophene rings is 4. The van der Waals surface area contributed by atoms with E-state index in [1.54, 1.807) is 22.7 Å². The van der Waals surface area contributed by atoms with Crippen LogP contribution < -0.4 is 0 Å². The van der Waals surface area contributed by atoms with Crippen LogP contribution in [0.25, 0.3) is 159 Å². The first-order chi connectivity index (χ1) is 35.1. The van der Waals surface area contributed by atoms with E-state index >= 15 is 0 Å². The molecule has 0 saturated carbocycles. The molecule has 6 aromatic heterocycles. The molecule has 16 rings (SSSR count). The number of hydrogen-bond donors (Lipinski definition) is 0. The fourth-order valence-corrected chi connectivity index (χ4v) is 15.4. The molecule has 0 aliphatic carbocycles. The van der Waals surface area contributed by atoms with Gasteiger partial charge in [0.05, 0.1) is 0 Å². The average Bonchev–Trinajstić information content (AvgIpc) is 4.25. The normalized spacial score (nSPS) is 12.2. The summed E-state index contributed by atoms with van der Waals surface area (Å²) >= 11 is 7.32. The van der Waals surface area contributed by atoms with Crippen LogP contribution in [0.1, 0.15) is 0 Å². The molecule has 0 aliphatic rings. The summed E-state index contributed by atoms with van der Waals surface area (Å²) in [6.07, 6.45) is 0. The van der Waals surface area contributed by atoms with Gasteiger partial charge in [0.25, 0.3) is 0 Å². The third kappa shape index (κ3) is 6.16. The highest BCUT2D eigenvalue weighted by Crippen LogP contribution is 2.46. The molecule has 8 heteroatoms. The number of hydrogen-bond acceptors (Lipinski definition) is 8. The highest BCUT2D eigenvalue weighted by molar-refractivity contribution is 7.27. The first kappa shape index (κ1) is 39.7. The minimum absolute atomic E-state index is 0.602. The van der Waals surface area contributed by atoms with Gasteiger partial charge in [-0.15, -0.1) is 45.3 Å². The number of aromatic nitrogens is 3. The Balaban J connectivity index is 0.848. The van der Waals surface area contributed by atoms with Gasteiger partial charge in [-0.3, -0.25) is 0 Å². The van der Waals surface area contributed by atoms with Gasteiger partial charge in [-0.1, -0.05) is 133 Å². The summed E-state index contributed by atoms with van der Waals surface area (Å²) in [5, 5.41) is 12.2. The number of benzene rings is 10. The first-order valence-electron chi connectivity index (χ1n) is 23.5. The molecule has 4 nitrogen and oxygen atoms in total. The predicted octanol–water partition coefficient (Wildman–Crippen LogP) is 19.6. The Morgan fingerprint density at radius 2 is 0.690 bits per heavy atom. The lowest BCUT2D eigenvalue weighted by atomic mass is 9.96. The lowest BCUT2D eigenvalue weighted by molar-refractivity contribution is 0.669. The van der Waals surface area contributed by atoms with Crippen molar-refractivity contribution in [3.05, 3.63) is 200 Å². The summed E-state index contributed by atoms with van der Waals surface area (Å²) in [4.78, 5) is 15.9. The van der Waals surface area contributed by atoms with Gasteiger partial charge in [0.1, 0.15) is 11.2 Å². The maximum atomic E-state index is 6.67. The molecule has 0 radical (unpaired) electrons. The van der Waals surface area contributed by atoms with Gasteiger partial charge in [-0.2, -0.15) is 0 Å². The Morgan fingerprint density at radius 3 is 1.30 bits per heavy atom. The average molecular weight is 976 g/mol. The maximum Gasteiger partial charge on any atom is 0.164 e. The summed E-state index contributed by atoms with van der Waals surface area (Å²) in [7, 11) is 0. The van der Waals surface area contributed by atoms with Crippen LogP contribution in [0, 0.1) is 0 Å². The molecule has 0 N–H and O–H groups in total. The predicted molar refractivity (Wildman–Crippen MR) is 306 cm³/mol. The third-order valence-corrected chi connectivity index (χ3v) is 18.7. The van der Waals surface area contributed by atoms with Crippen LogP contribution in [0.4, 0.5) is 0 Å². The van der Waals surface area contributed by atoms with E-state index in [1.807, 2.05) is 28.7 Å². The van der Waals surface area contributed by atoms with E-state index in [0.717, 1.165) is 44.2 Å². The summed E-state index contributed by atoms with van der Waals surface area (Å²) in [5.41, 5.74) is 9.20. The van der Waals surface area contributed by atoms with Crippen LogP contribution in [0.5, 0.6) is 0 Å². The topological polar surface area (TPSA) is 51.8 Å². The monoisotopic (exact) mass is 975 g/mol. The van der Waals surface area contributed by atoms with Crippen molar-refractivity contribution in [1.29, 1.82) is 0 Å². The van der Waals surface area contributed by atoms with Crippen LogP contribution in [-0.2, 0) is 0 Å². The van der Waals surface area contributed by atoms with Gasteiger partial charge in [0, 0.05) is 108 Å². The van der Waals surface area contributed by atoms with Crippen LogP contribution in [0.2, 0.25) is 0 Å². The summed E-state index contributed by atoms with van der Waals surface area (Å²) in [6.45, 7) is 0. The van der Waals surface area contributed by atoms with E-state index in [4.69, 9.17) is 19.4 Å². The van der Waals surface area contributed by atoms with E-state index in [9.17, 15) is 0 Å². The van der Waals surface area contributed by atoms with Gasteiger partial charge in [-0.25, -0.2) is 15.0 Å². The number of nitrogens with zero attached hydrogens (tertiary/aromatic N) is 3. The molecule has 0 unspecified atom stereocenters. The Morgan fingerprint density at radius 1 is 0.254 bits per heavy atom. The number of furan rings is 1. The molecule has 0 fully saturated rings. The third-order valence-electron chi connectivity index (χ3n) is 14.2.